The second kappa shape index (κ2) is 13.4. The van der Waals surface area contributed by atoms with E-state index in [-0.39, 0.29) is 44.2 Å². The van der Waals surface area contributed by atoms with E-state index in [0.717, 1.165) is 11.3 Å². The number of benzene rings is 2. The fourth-order valence-corrected chi connectivity index (χ4v) is 3.32. The molecule has 35 heavy (non-hydrogen) atoms. The van der Waals surface area contributed by atoms with Crippen LogP contribution >= 0.6 is 0 Å². The van der Waals surface area contributed by atoms with E-state index in [4.69, 9.17) is 14.7 Å². The lowest BCUT2D eigenvalue weighted by Crippen LogP contribution is -2.33. The van der Waals surface area contributed by atoms with Crippen LogP contribution in [0.15, 0.2) is 72.9 Å². The van der Waals surface area contributed by atoms with Gasteiger partial charge in [-0.3, -0.25) is 9.59 Å². The van der Waals surface area contributed by atoms with Gasteiger partial charge in [-0.15, -0.1) is 0 Å². The standard InChI is InChI=1S/C27H28N4O4/c1-2-34-23-9-11-24(12-10-23)35-26-19-21(15-17-29-26)20-30-25(32)13-14-27(33)31(18-6-16-28)22-7-4-3-5-8-22/h3-5,7-12,15,17,19H,2,6,13-14,18,20H2,1H3,(H,30,32). The minimum Gasteiger partial charge on any atom is -0.494 e. The Morgan fingerprint density at radius 1 is 1.03 bits per heavy atom. The van der Waals surface area contributed by atoms with E-state index in [1.165, 1.54) is 0 Å². The second-order valence-corrected chi connectivity index (χ2v) is 7.57. The molecule has 0 atom stereocenters. The molecule has 0 saturated heterocycles. The summed E-state index contributed by atoms with van der Waals surface area (Å²) in [5, 5.41) is 11.7. The maximum atomic E-state index is 12.7. The molecule has 1 N–H and O–H groups in total. The minimum absolute atomic E-state index is 0.0502. The molecule has 0 fully saturated rings. The summed E-state index contributed by atoms with van der Waals surface area (Å²) in [4.78, 5) is 30.8. The number of nitriles is 1. The van der Waals surface area contributed by atoms with E-state index in [1.807, 2.05) is 49.4 Å². The van der Waals surface area contributed by atoms with Crippen LogP contribution in [0, 0.1) is 11.3 Å². The van der Waals surface area contributed by atoms with Crippen LogP contribution < -0.4 is 19.7 Å². The van der Waals surface area contributed by atoms with Crippen LogP contribution in [0.2, 0.25) is 0 Å². The molecule has 1 heterocycles. The van der Waals surface area contributed by atoms with Gasteiger partial charge >= 0.3 is 0 Å². The zero-order chi connectivity index (χ0) is 24.9. The lowest BCUT2D eigenvalue weighted by Gasteiger charge is -2.21. The molecule has 0 aliphatic heterocycles. The Balaban J connectivity index is 1.49. The summed E-state index contributed by atoms with van der Waals surface area (Å²) in [6.45, 7) is 3.09. The Hall–Kier alpha value is -4.38. The number of carbonyl (C=O) groups is 2. The number of rotatable bonds is 12. The molecule has 0 aliphatic rings. The number of aromatic nitrogens is 1. The first kappa shape index (κ1) is 25.2. The predicted octanol–water partition coefficient (Wildman–Crippen LogP) is 4.62. The van der Waals surface area contributed by atoms with Gasteiger partial charge in [0.05, 0.1) is 19.1 Å². The van der Waals surface area contributed by atoms with Crippen molar-refractivity contribution in [1.29, 1.82) is 5.26 Å². The van der Waals surface area contributed by atoms with Crippen LogP contribution in [0.3, 0.4) is 0 Å². The maximum absolute atomic E-state index is 12.7. The molecule has 0 unspecified atom stereocenters. The van der Waals surface area contributed by atoms with Gasteiger partial charge in [0.2, 0.25) is 17.7 Å². The predicted molar refractivity (Wildman–Crippen MR) is 132 cm³/mol. The number of carbonyl (C=O) groups excluding carboxylic acids is 2. The quantitative estimate of drug-likeness (QED) is 0.413. The summed E-state index contributed by atoms with van der Waals surface area (Å²) in [7, 11) is 0. The average molecular weight is 473 g/mol. The topological polar surface area (TPSA) is 105 Å². The van der Waals surface area contributed by atoms with Gasteiger partial charge in [0.25, 0.3) is 0 Å². The molecule has 8 nitrogen and oxygen atoms in total. The summed E-state index contributed by atoms with van der Waals surface area (Å²) in [5.74, 6) is 1.36. The highest BCUT2D eigenvalue weighted by Gasteiger charge is 2.16. The minimum atomic E-state index is -0.238. The molecular formula is C27H28N4O4. The van der Waals surface area contributed by atoms with Crippen molar-refractivity contribution in [3.63, 3.8) is 0 Å². The average Bonchev–Trinajstić information content (AvgIpc) is 2.88. The summed E-state index contributed by atoms with van der Waals surface area (Å²) >= 11 is 0. The maximum Gasteiger partial charge on any atom is 0.227 e. The van der Waals surface area contributed by atoms with Crippen molar-refractivity contribution in [3.8, 4) is 23.4 Å². The fraction of sp³-hybridized carbons (Fsp3) is 0.259. The highest BCUT2D eigenvalue weighted by atomic mass is 16.5. The van der Waals surface area contributed by atoms with Crippen LogP contribution in [0.5, 0.6) is 17.4 Å². The molecule has 0 bridgehead atoms. The third kappa shape index (κ3) is 8.16. The highest BCUT2D eigenvalue weighted by Crippen LogP contribution is 2.23. The Kier molecular flexibility index (Phi) is 9.63. The molecule has 2 aromatic carbocycles. The van der Waals surface area contributed by atoms with Gasteiger partial charge in [-0.05, 0) is 55.0 Å². The molecule has 2 amide bonds. The number of anilines is 1. The summed E-state index contributed by atoms with van der Waals surface area (Å²) < 4.78 is 11.2. The first-order valence-corrected chi connectivity index (χ1v) is 11.4. The van der Waals surface area contributed by atoms with Crippen LogP contribution in [0.25, 0.3) is 0 Å². The Morgan fingerprint density at radius 2 is 1.77 bits per heavy atom. The number of nitrogens with zero attached hydrogens (tertiary/aromatic N) is 3. The Morgan fingerprint density at radius 3 is 2.49 bits per heavy atom. The van der Waals surface area contributed by atoms with Crippen molar-refractivity contribution in [3.05, 3.63) is 78.5 Å². The largest absolute Gasteiger partial charge is 0.494 e. The molecule has 0 saturated carbocycles. The van der Waals surface area contributed by atoms with E-state index in [1.54, 1.807) is 35.4 Å². The zero-order valence-electron chi connectivity index (χ0n) is 19.6. The lowest BCUT2D eigenvalue weighted by atomic mass is 10.2. The van der Waals surface area contributed by atoms with Crippen molar-refractivity contribution >= 4 is 17.5 Å². The van der Waals surface area contributed by atoms with Crippen LogP contribution in [0.4, 0.5) is 5.69 Å². The summed E-state index contributed by atoms with van der Waals surface area (Å²) in [6, 6.07) is 22.0. The van der Waals surface area contributed by atoms with Crippen molar-refractivity contribution in [2.75, 3.05) is 18.1 Å². The van der Waals surface area contributed by atoms with E-state index in [2.05, 4.69) is 16.4 Å². The molecule has 1 aromatic heterocycles. The van der Waals surface area contributed by atoms with E-state index in [9.17, 15) is 9.59 Å². The zero-order valence-corrected chi connectivity index (χ0v) is 19.6. The van der Waals surface area contributed by atoms with Gasteiger partial charge in [0.15, 0.2) is 0 Å². The van der Waals surface area contributed by atoms with E-state index >= 15 is 0 Å². The smallest absolute Gasteiger partial charge is 0.227 e. The third-order valence-electron chi connectivity index (χ3n) is 5.03. The Labute approximate surface area is 205 Å². The Bertz CT molecular complexity index is 1140. The van der Waals surface area contributed by atoms with Crippen LogP contribution in [0.1, 0.15) is 31.7 Å². The van der Waals surface area contributed by atoms with Gasteiger partial charge in [0.1, 0.15) is 11.5 Å². The molecule has 0 spiro atoms. The van der Waals surface area contributed by atoms with Gasteiger partial charge < -0.3 is 19.7 Å². The number of hydrogen-bond acceptors (Lipinski definition) is 6. The van der Waals surface area contributed by atoms with Gasteiger partial charge in [-0.2, -0.15) is 5.26 Å². The number of para-hydroxylation sites is 1. The summed E-state index contributed by atoms with van der Waals surface area (Å²) in [5.41, 5.74) is 1.53. The van der Waals surface area contributed by atoms with E-state index < -0.39 is 0 Å². The van der Waals surface area contributed by atoms with Gasteiger partial charge in [-0.1, -0.05) is 18.2 Å². The number of hydrogen-bond donors (Lipinski definition) is 1. The molecule has 0 aliphatic carbocycles. The molecular weight excluding hydrogens is 444 g/mol. The van der Waals surface area contributed by atoms with Crippen molar-refractivity contribution < 1.29 is 19.1 Å². The van der Waals surface area contributed by atoms with Crippen molar-refractivity contribution in [1.82, 2.24) is 10.3 Å². The number of amides is 2. The first-order chi connectivity index (χ1) is 17.1. The molecule has 3 aromatic rings. The lowest BCUT2D eigenvalue weighted by molar-refractivity contribution is -0.125. The molecule has 8 heteroatoms. The first-order valence-electron chi connectivity index (χ1n) is 11.4. The van der Waals surface area contributed by atoms with E-state index in [0.29, 0.717) is 23.9 Å². The monoisotopic (exact) mass is 472 g/mol. The van der Waals surface area contributed by atoms with Gasteiger partial charge in [0, 0.05) is 43.9 Å². The molecule has 180 valence electrons. The fourth-order valence-electron chi connectivity index (χ4n) is 3.32. The normalized spacial score (nSPS) is 10.2. The van der Waals surface area contributed by atoms with Crippen LogP contribution in [-0.2, 0) is 16.1 Å². The second-order valence-electron chi connectivity index (χ2n) is 7.57. The van der Waals surface area contributed by atoms with Crippen LogP contribution in [-0.4, -0.2) is 29.9 Å². The summed E-state index contributed by atoms with van der Waals surface area (Å²) in [6.07, 6.45) is 1.93. The number of ether oxygens (including phenoxy) is 2. The highest BCUT2D eigenvalue weighted by molar-refractivity contribution is 5.95. The van der Waals surface area contributed by atoms with Crippen molar-refractivity contribution in [2.45, 2.75) is 32.7 Å². The SMILES string of the molecule is CCOc1ccc(Oc2cc(CNC(=O)CCC(=O)N(CCC#N)c3ccccc3)ccn2)cc1. The molecule has 0 radical (unpaired) electrons. The third-order valence-corrected chi connectivity index (χ3v) is 5.03. The van der Waals surface area contributed by atoms with Gasteiger partial charge in [-0.25, -0.2) is 4.98 Å². The number of nitrogens with one attached hydrogen (secondary N) is 1. The van der Waals surface area contributed by atoms with Crippen molar-refractivity contribution in [2.24, 2.45) is 0 Å². The molecule has 3 rings (SSSR count). The number of pyridine rings is 1.